The molecule has 2 aromatic carbocycles. The Labute approximate surface area is 224 Å². The molecule has 5 rings (SSSR count). The SMILES string of the molecule is COc1c(C(C)Nc2ncnc3nc[nH]c23)cc(Cl)c(C)c1-c1ccc(C(=O)N2CCC(O)CC2)c(F)c1. The number of nitrogens with one attached hydrogen (secondary N) is 2. The molecule has 198 valence electrons. The minimum absolute atomic E-state index is 0.00798. The van der Waals surface area contributed by atoms with Gasteiger partial charge in [-0.25, -0.2) is 19.3 Å². The minimum Gasteiger partial charge on any atom is -0.496 e. The summed E-state index contributed by atoms with van der Waals surface area (Å²) in [5.74, 6) is 0.0874. The van der Waals surface area contributed by atoms with Crippen LogP contribution < -0.4 is 10.1 Å². The number of fused-ring (bicyclic) bond motifs is 1. The number of likely N-dealkylation sites (tertiary alicyclic amines) is 1. The van der Waals surface area contributed by atoms with Gasteiger partial charge in [-0.3, -0.25) is 4.79 Å². The molecule has 0 spiro atoms. The van der Waals surface area contributed by atoms with Crippen LogP contribution in [0.4, 0.5) is 10.2 Å². The largest absolute Gasteiger partial charge is 0.496 e. The van der Waals surface area contributed by atoms with Crippen molar-refractivity contribution in [2.24, 2.45) is 0 Å². The number of anilines is 1. The standard InChI is InChI=1S/C27H28ClFN6O3/c1-14-20(28)11-19(15(2)34-26-23-25(31-12-30-23)32-13-33-26)24(38-3)22(14)16-4-5-18(21(29)10-16)27(37)35-8-6-17(36)7-9-35/h4-5,10-13,15,17,36H,6-9H2,1-3H3,(H2,30,31,32,33,34). The van der Waals surface area contributed by atoms with Crippen LogP contribution in [0.3, 0.4) is 0 Å². The van der Waals surface area contributed by atoms with Gasteiger partial charge in [0.25, 0.3) is 5.91 Å². The maximum Gasteiger partial charge on any atom is 0.256 e. The highest BCUT2D eigenvalue weighted by atomic mass is 35.5. The summed E-state index contributed by atoms with van der Waals surface area (Å²) in [6.45, 7) is 4.58. The predicted molar refractivity (Wildman–Crippen MR) is 143 cm³/mol. The number of H-pyrrole nitrogens is 1. The van der Waals surface area contributed by atoms with Gasteiger partial charge in [-0.05, 0) is 56.0 Å². The van der Waals surface area contributed by atoms with Crippen molar-refractivity contribution in [2.45, 2.75) is 38.8 Å². The number of imidazole rings is 1. The molecule has 1 aliphatic rings. The Balaban J connectivity index is 1.50. The summed E-state index contributed by atoms with van der Waals surface area (Å²) >= 11 is 6.66. The first-order valence-electron chi connectivity index (χ1n) is 12.3. The molecule has 1 atom stereocenters. The lowest BCUT2D eigenvalue weighted by atomic mass is 9.93. The van der Waals surface area contributed by atoms with Gasteiger partial charge in [0.05, 0.1) is 31.1 Å². The van der Waals surface area contributed by atoms with Gasteiger partial charge in [0.15, 0.2) is 11.5 Å². The zero-order chi connectivity index (χ0) is 27.0. The molecule has 4 aromatic rings. The second kappa shape index (κ2) is 10.5. The fraction of sp³-hybridized carbons (Fsp3) is 0.333. The summed E-state index contributed by atoms with van der Waals surface area (Å²) in [4.78, 5) is 30.2. The van der Waals surface area contributed by atoms with Gasteiger partial charge in [0.2, 0.25) is 0 Å². The Morgan fingerprint density at radius 2 is 2.03 bits per heavy atom. The summed E-state index contributed by atoms with van der Waals surface area (Å²) in [5.41, 5.74) is 3.84. The van der Waals surface area contributed by atoms with Crippen LogP contribution in [0, 0.1) is 12.7 Å². The molecule has 3 N–H and O–H groups in total. The summed E-state index contributed by atoms with van der Waals surface area (Å²) in [6, 6.07) is 6.06. The number of aliphatic hydroxyl groups is 1. The number of benzene rings is 2. The van der Waals surface area contributed by atoms with Gasteiger partial charge >= 0.3 is 0 Å². The number of methoxy groups -OCH3 is 1. The first kappa shape index (κ1) is 25.9. The van der Waals surface area contributed by atoms with E-state index in [0.717, 1.165) is 11.1 Å². The van der Waals surface area contributed by atoms with Crippen molar-refractivity contribution in [3.63, 3.8) is 0 Å². The van der Waals surface area contributed by atoms with E-state index in [2.05, 4.69) is 25.3 Å². The number of piperidine rings is 1. The number of aromatic nitrogens is 4. The number of carbonyl (C=O) groups excluding carboxylic acids is 1. The number of aromatic amines is 1. The molecule has 38 heavy (non-hydrogen) atoms. The lowest BCUT2D eigenvalue weighted by Gasteiger charge is -2.29. The highest BCUT2D eigenvalue weighted by molar-refractivity contribution is 6.32. The Hall–Kier alpha value is -3.76. The number of nitrogens with zero attached hydrogens (tertiary/aromatic N) is 4. The van der Waals surface area contributed by atoms with Crippen molar-refractivity contribution in [1.29, 1.82) is 0 Å². The van der Waals surface area contributed by atoms with Crippen molar-refractivity contribution in [3.8, 4) is 16.9 Å². The second-order valence-corrected chi connectivity index (χ2v) is 9.80. The fourth-order valence-electron chi connectivity index (χ4n) is 4.87. The van der Waals surface area contributed by atoms with Crippen molar-refractivity contribution >= 4 is 34.5 Å². The number of amides is 1. The van der Waals surface area contributed by atoms with Crippen molar-refractivity contribution in [1.82, 2.24) is 24.8 Å². The average molecular weight is 539 g/mol. The number of carbonyl (C=O) groups is 1. The van der Waals surface area contributed by atoms with Crippen molar-refractivity contribution in [3.05, 3.63) is 64.5 Å². The molecule has 0 bridgehead atoms. The maximum absolute atomic E-state index is 15.3. The molecule has 0 aliphatic carbocycles. The first-order chi connectivity index (χ1) is 18.3. The van der Waals surface area contributed by atoms with Crippen LogP contribution in [0.5, 0.6) is 5.75 Å². The molecule has 0 radical (unpaired) electrons. The lowest BCUT2D eigenvalue weighted by molar-refractivity contribution is 0.0543. The van der Waals surface area contributed by atoms with E-state index in [1.807, 2.05) is 19.9 Å². The average Bonchev–Trinajstić information content (AvgIpc) is 3.40. The molecule has 1 aliphatic heterocycles. The first-order valence-corrected chi connectivity index (χ1v) is 12.7. The van der Waals surface area contributed by atoms with Crippen LogP contribution in [0.2, 0.25) is 5.02 Å². The number of hydrogen-bond acceptors (Lipinski definition) is 7. The molecule has 11 heteroatoms. The topological polar surface area (TPSA) is 116 Å². The number of hydrogen-bond donors (Lipinski definition) is 3. The van der Waals surface area contributed by atoms with Crippen molar-refractivity contribution < 1.29 is 19.0 Å². The van der Waals surface area contributed by atoms with Crippen LogP contribution >= 0.6 is 11.6 Å². The second-order valence-electron chi connectivity index (χ2n) is 9.39. The number of ether oxygens (including phenoxy) is 1. The minimum atomic E-state index is -0.629. The maximum atomic E-state index is 15.3. The van der Waals surface area contributed by atoms with E-state index in [4.69, 9.17) is 16.3 Å². The van der Waals surface area contributed by atoms with E-state index in [-0.39, 0.29) is 17.5 Å². The molecule has 1 fully saturated rings. The quantitative estimate of drug-likeness (QED) is 0.320. The molecule has 3 heterocycles. The van der Waals surface area contributed by atoms with Crippen LogP contribution in [0.1, 0.15) is 47.3 Å². The van der Waals surface area contributed by atoms with Crippen molar-refractivity contribution in [2.75, 3.05) is 25.5 Å². The molecule has 1 amide bonds. The van der Waals surface area contributed by atoms with E-state index in [9.17, 15) is 9.90 Å². The van der Waals surface area contributed by atoms with E-state index in [0.29, 0.717) is 64.8 Å². The van der Waals surface area contributed by atoms with Crippen LogP contribution in [-0.2, 0) is 0 Å². The van der Waals surface area contributed by atoms with Gasteiger partial charge in [-0.1, -0.05) is 17.7 Å². The number of halogens is 2. The van der Waals surface area contributed by atoms with Gasteiger partial charge in [-0.2, -0.15) is 0 Å². The molecule has 0 saturated carbocycles. The molecule has 1 saturated heterocycles. The van der Waals surface area contributed by atoms with Gasteiger partial charge in [-0.15, -0.1) is 0 Å². The Morgan fingerprint density at radius 3 is 2.74 bits per heavy atom. The Kier molecular flexibility index (Phi) is 7.18. The summed E-state index contributed by atoms with van der Waals surface area (Å²) in [7, 11) is 1.55. The highest BCUT2D eigenvalue weighted by Gasteiger charge is 2.26. The van der Waals surface area contributed by atoms with E-state index in [1.54, 1.807) is 24.4 Å². The van der Waals surface area contributed by atoms with Crippen LogP contribution in [0.25, 0.3) is 22.3 Å². The normalized spacial score (nSPS) is 15.1. The fourth-order valence-corrected chi connectivity index (χ4v) is 5.09. The van der Waals surface area contributed by atoms with E-state index < -0.39 is 11.9 Å². The Bertz CT molecular complexity index is 1500. The summed E-state index contributed by atoms with van der Waals surface area (Å²) in [5, 5.41) is 13.6. The third-order valence-electron chi connectivity index (χ3n) is 6.99. The predicted octanol–water partition coefficient (Wildman–Crippen LogP) is 4.90. The molecule has 1 unspecified atom stereocenters. The van der Waals surface area contributed by atoms with E-state index in [1.165, 1.54) is 18.5 Å². The van der Waals surface area contributed by atoms with Crippen LogP contribution in [0.15, 0.2) is 36.9 Å². The van der Waals surface area contributed by atoms with Gasteiger partial charge in [0.1, 0.15) is 23.4 Å². The van der Waals surface area contributed by atoms with Crippen LogP contribution in [-0.4, -0.2) is 62.2 Å². The molecule has 9 nitrogen and oxygen atoms in total. The van der Waals surface area contributed by atoms with Gasteiger partial charge in [0, 0.05) is 29.2 Å². The lowest BCUT2D eigenvalue weighted by Crippen LogP contribution is -2.40. The summed E-state index contributed by atoms with van der Waals surface area (Å²) in [6.07, 6.45) is 3.53. The smallest absolute Gasteiger partial charge is 0.256 e. The zero-order valence-corrected chi connectivity index (χ0v) is 22.0. The highest BCUT2D eigenvalue weighted by Crippen LogP contribution is 2.43. The molecular weight excluding hydrogens is 511 g/mol. The summed E-state index contributed by atoms with van der Waals surface area (Å²) < 4.78 is 21.2. The monoisotopic (exact) mass is 538 g/mol. The zero-order valence-electron chi connectivity index (χ0n) is 21.3. The van der Waals surface area contributed by atoms with E-state index >= 15 is 4.39 Å². The number of aliphatic hydroxyl groups excluding tert-OH is 1. The molecular formula is C27H28ClFN6O3. The number of rotatable bonds is 6. The van der Waals surface area contributed by atoms with Gasteiger partial charge < -0.3 is 25.0 Å². The third-order valence-corrected chi connectivity index (χ3v) is 7.38. The Morgan fingerprint density at radius 1 is 1.26 bits per heavy atom. The molecule has 2 aromatic heterocycles. The third kappa shape index (κ3) is 4.77.